The Balaban J connectivity index is 1.58. The van der Waals surface area contributed by atoms with Crippen LogP contribution in [-0.4, -0.2) is 33.1 Å². The van der Waals surface area contributed by atoms with Crippen molar-refractivity contribution in [1.29, 1.82) is 0 Å². The maximum absolute atomic E-state index is 13.1. The third-order valence-electron chi connectivity index (χ3n) is 6.00. The zero-order valence-electron chi connectivity index (χ0n) is 18.9. The van der Waals surface area contributed by atoms with E-state index in [1.807, 2.05) is 36.4 Å². The number of esters is 1. The summed E-state index contributed by atoms with van der Waals surface area (Å²) in [6, 6.07) is 16.1. The summed E-state index contributed by atoms with van der Waals surface area (Å²) in [4.78, 5) is 25.5. The third kappa shape index (κ3) is 3.65. The van der Waals surface area contributed by atoms with Crippen LogP contribution in [0.5, 0.6) is 28.7 Å². The van der Waals surface area contributed by atoms with Crippen molar-refractivity contribution in [2.75, 3.05) is 21.3 Å². The number of ketones is 1. The molecule has 5 rings (SSSR count). The molecule has 172 valence electrons. The van der Waals surface area contributed by atoms with Gasteiger partial charge in [0.25, 0.3) is 0 Å². The Hall–Kier alpha value is -4.26. The average Bonchev–Trinajstić information content (AvgIpc) is 3.18. The molecule has 1 atom stereocenters. The van der Waals surface area contributed by atoms with Crippen molar-refractivity contribution in [2.45, 2.75) is 12.3 Å². The van der Waals surface area contributed by atoms with Crippen molar-refractivity contribution >= 4 is 17.8 Å². The predicted molar refractivity (Wildman–Crippen MR) is 124 cm³/mol. The molecule has 7 heteroatoms. The fourth-order valence-corrected chi connectivity index (χ4v) is 4.31. The maximum atomic E-state index is 13.1. The fraction of sp³-hybridized carbons (Fsp3) is 0.185. The Morgan fingerprint density at radius 3 is 2.32 bits per heavy atom. The Morgan fingerprint density at radius 2 is 1.62 bits per heavy atom. The number of Topliss-reactive ketones (excluding diaryl/α,β-unsaturated/α-hetero) is 1. The van der Waals surface area contributed by atoms with Crippen molar-refractivity contribution in [3.05, 3.63) is 82.6 Å². The molecule has 7 nitrogen and oxygen atoms in total. The van der Waals surface area contributed by atoms with E-state index in [0.29, 0.717) is 34.1 Å². The normalized spacial score (nSPS) is 17.5. The maximum Gasteiger partial charge on any atom is 0.312 e. The number of ether oxygens (including phenoxy) is 5. The van der Waals surface area contributed by atoms with Crippen LogP contribution in [0.3, 0.4) is 0 Å². The van der Waals surface area contributed by atoms with Crippen molar-refractivity contribution < 1.29 is 33.3 Å². The molecule has 0 saturated carbocycles. The lowest BCUT2D eigenvalue weighted by atomic mass is 9.84. The Kier molecular flexibility index (Phi) is 5.45. The van der Waals surface area contributed by atoms with E-state index < -0.39 is 0 Å². The summed E-state index contributed by atoms with van der Waals surface area (Å²) in [7, 11) is 4.72. The number of methoxy groups -OCH3 is 3. The molecule has 0 fully saturated rings. The van der Waals surface area contributed by atoms with Crippen LogP contribution in [0.4, 0.5) is 0 Å². The molecule has 2 aliphatic rings. The quantitative estimate of drug-likeness (QED) is 0.310. The van der Waals surface area contributed by atoms with Gasteiger partial charge < -0.3 is 23.7 Å². The number of carbonyl (C=O) groups is 2. The van der Waals surface area contributed by atoms with Crippen LogP contribution in [0.25, 0.3) is 6.08 Å². The van der Waals surface area contributed by atoms with Gasteiger partial charge in [-0.25, -0.2) is 0 Å². The highest BCUT2D eigenvalue weighted by Crippen LogP contribution is 2.49. The summed E-state index contributed by atoms with van der Waals surface area (Å²) < 4.78 is 27.6. The fourth-order valence-electron chi connectivity index (χ4n) is 4.31. The molecule has 3 aromatic carbocycles. The Morgan fingerprint density at radius 1 is 0.853 bits per heavy atom. The monoisotopic (exact) mass is 458 g/mol. The van der Waals surface area contributed by atoms with Crippen molar-refractivity contribution in [3.8, 4) is 28.7 Å². The summed E-state index contributed by atoms with van der Waals surface area (Å²) in [6.07, 6.45) is 1.79. The molecule has 0 saturated heterocycles. The SMILES string of the molecule is COc1ccc(/C=C2\Oc3c(ccc4c3[C@@H](c3ccc(OC)c(OC)c3)CC(=O)O4)C2=O)cc1. The van der Waals surface area contributed by atoms with E-state index in [0.717, 1.165) is 16.9 Å². The smallest absolute Gasteiger partial charge is 0.312 e. The minimum Gasteiger partial charge on any atom is -0.497 e. The van der Waals surface area contributed by atoms with E-state index in [1.165, 1.54) is 0 Å². The molecule has 3 aromatic rings. The minimum atomic E-state index is -0.376. The molecule has 0 spiro atoms. The van der Waals surface area contributed by atoms with Gasteiger partial charge in [-0.05, 0) is 53.6 Å². The molecule has 0 aromatic heterocycles. The summed E-state index contributed by atoms with van der Waals surface area (Å²) in [5.74, 6) is 1.89. The second-order valence-corrected chi connectivity index (χ2v) is 7.91. The second kappa shape index (κ2) is 8.59. The van der Waals surface area contributed by atoms with Crippen LogP contribution in [0.2, 0.25) is 0 Å². The first-order valence-corrected chi connectivity index (χ1v) is 10.7. The second-order valence-electron chi connectivity index (χ2n) is 7.91. The van der Waals surface area contributed by atoms with E-state index in [4.69, 9.17) is 23.7 Å². The number of benzene rings is 3. The lowest BCUT2D eigenvalue weighted by molar-refractivity contribution is -0.135. The third-order valence-corrected chi connectivity index (χ3v) is 6.00. The number of hydrogen-bond acceptors (Lipinski definition) is 7. The molecule has 0 unspecified atom stereocenters. The summed E-state index contributed by atoms with van der Waals surface area (Å²) in [6.45, 7) is 0. The zero-order chi connectivity index (χ0) is 23.8. The van der Waals surface area contributed by atoms with Gasteiger partial charge in [-0.15, -0.1) is 0 Å². The molecule has 2 aliphatic heterocycles. The van der Waals surface area contributed by atoms with Gasteiger partial charge in [0.15, 0.2) is 17.3 Å². The molecule has 0 radical (unpaired) electrons. The van der Waals surface area contributed by atoms with Crippen molar-refractivity contribution in [3.63, 3.8) is 0 Å². The highest BCUT2D eigenvalue weighted by molar-refractivity contribution is 6.15. The largest absolute Gasteiger partial charge is 0.497 e. The molecule has 0 amide bonds. The highest BCUT2D eigenvalue weighted by Gasteiger charge is 2.38. The summed E-state index contributed by atoms with van der Waals surface area (Å²) in [5, 5.41) is 0. The molecule has 2 heterocycles. The minimum absolute atomic E-state index is 0.105. The number of rotatable bonds is 5. The zero-order valence-corrected chi connectivity index (χ0v) is 18.9. The predicted octanol–water partition coefficient (Wildman–Crippen LogP) is 4.77. The van der Waals surface area contributed by atoms with E-state index in [1.54, 1.807) is 45.6 Å². The van der Waals surface area contributed by atoms with Crippen molar-refractivity contribution in [1.82, 2.24) is 0 Å². The highest BCUT2D eigenvalue weighted by atomic mass is 16.5. The van der Waals surface area contributed by atoms with Gasteiger partial charge in [-0.2, -0.15) is 0 Å². The van der Waals surface area contributed by atoms with Gasteiger partial charge in [0, 0.05) is 11.5 Å². The molecular weight excluding hydrogens is 436 g/mol. The molecule has 0 aliphatic carbocycles. The van der Waals surface area contributed by atoms with Gasteiger partial charge in [0.1, 0.15) is 17.2 Å². The first kappa shape index (κ1) is 21.6. The topological polar surface area (TPSA) is 80.3 Å². The Bertz CT molecular complexity index is 1320. The molecule has 0 bridgehead atoms. The van der Waals surface area contributed by atoms with E-state index in [9.17, 15) is 9.59 Å². The van der Waals surface area contributed by atoms with Gasteiger partial charge >= 0.3 is 5.97 Å². The van der Waals surface area contributed by atoms with Crippen LogP contribution in [0.15, 0.2) is 60.4 Å². The molecule has 34 heavy (non-hydrogen) atoms. The van der Waals surface area contributed by atoms with Gasteiger partial charge in [0.2, 0.25) is 5.78 Å². The van der Waals surface area contributed by atoms with E-state index in [-0.39, 0.29) is 29.9 Å². The van der Waals surface area contributed by atoms with Crippen LogP contribution in [-0.2, 0) is 4.79 Å². The first-order valence-electron chi connectivity index (χ1n) is 10.7. The number of allylic oxidation sites excluding steroid dienone is 1. The van der Waals surface area contributed by atoms with Crippen LogP contribution >= 0.6 is 0 Å². The van der Waals surface area contributed by atoms with Crippen LogP contribution < -0.4 is 23.7 Å². The van der Waals surface area contributed by atoms with Crippen molar-refractivity contribution in [2.24, 2.45) is 0 Å². The number of fused-ring (bicyclic) bond motifs is 3. The Labute approximate surface area is 196 Å². The van der Waals surface area contributed by atoms with E-state index >= 15 is 0 Å². The lowest BCUT2D eigenvalue weighted by Gasteiger charge is -2.26. The van der Waals surface area contributed by atoms with Crippen LogP contribution in [0, 0.1) is 0 Å². The molecule has 0 N–H and O–H groups in total. The van der Waals surface area contributed by atoms with E-state index in [2.05, 4.69) is 0 Å². The van der Waals surface area contributed by atoms with Gasteiger partial charge in [-0.1, -0.05) is 18.2 Å². The number of hydrogen-bond donors (Lipinski definition) is 0. The standard InChI is InChI=1S/C27H22O7/c1-30-17-7-4-15(5-8-17)12-23-26(29)18-9-11-21-25(27(18)34-23)19(14-24(28)33-21)16-6-10-20(31-2)22(13-16)32-3/h4-13,19H,14H2,1-3H3/b23-12-/t19-/m1/s1. The van der Waals surface area contributed by atoms with Gasteiger partial charge in [-0.3, -0.25) is 9.59 Å². The summed E-state index contributed by atoms with van der Waals surface area (Å²) in [5.41, 5.74) is 2.72. The summed E-state index contributed by atoms with van der Waals surface area (Å²) >= 11 is 0. The lowest BCUT2D eigenvalue weighted by Crippen LogP contribution is -2.21. The molecular formula is C27H22O7. The first-order chi connectivity index (χ1) is 16.5. The van der Waals surface area contributed by atoms with Gasteiger partial charge in [0.05, 0.1) is 33.3 Å². The average molecular weight is 458 g/mol. The van der Waals surface area contributed by atoms with Crippen LogP contribution in [0.1, 0.15) is 39.4 Å². The number of carbonyl (C=O) groups excluding carboxylic acids is 2.